The Bertz CT molecular complexity index is 1230. The van der Waals surface area contributed by atoms with Crippen LogP contribution in [0.25, 0.3) is 0 Å². The predicted octanol–water partition coefficient (Wildman–Crippen LogP) is 3.98. The summed E-state index contributed by atoms with van der Waals surface area (Å²) in [6, 6.07) is 5.02. The minimum Gasteiger partial charge on any atom is -0.371 e. The van der Waals surface area contributed by atoms with Crippen molar-refractivity contribution in [1.82, 2.24) is 9.88 Å². The molecular weight excluding hydrogens is 512 g/mol. The number of halogens is 5. The number of aromatic nitrogens is 1. The molecule has 1 unspecified atom stereocenters. The second-order valence-electron chi connectivity index (χ2n) is 8.65. The number of anilines is 2. The number of hydrogen-bond donors (Lipinski definition) is 1. The van der Waals surface area contributed by atoms with Crippen LogP contribution in [0, 0.1) is 5.82 Å². The molecule has 0 radical (unpaired) electrons. The summed E-state index contributed by atoms with van der Waals surface area (Å²) in [5.74, 6) is -0.581. The van der Waals surface area contributed by atoms with Gasteiger partial charge in [0.15, 0.2) is 9.84 Å². The Labute approximate surface area is 205 Å². The van der Waals surface area contributed by atoms with Gasteiger partial charge in [-0.25, -0.2) is 17.8 Å². The highest BCUT2D eigenvalue weighted by atomic mass is 35.5. The Morgan fingerprint density at radius 2 is 1.77 bits per heavy atom. The summed E-state index contributed by atoms with van der Waals surface area (Å²) in [6.07, 6.45) is -1.94. The van der Waals surface area contributed by atoms with Gasteiger partial charge in [0.2, 0.25) is 5.91 Å². The fourth-order valence-corrected chi connectivity index (χ4v) is 5.34. The van der Waals surface area contributed by atoms with E-state index in [4.69, 9.17) is 11.6 Å². The van der Waals surface area contributed by atoms with Crippen molar-refractivity contribution in [2.75, 3.05) is 36.1 Å². The van der Waals surface area contributed by atoms with Crippen LogP contribution in [0.2, 0.25) is 5.15 Å². The Balaban J connectivity index is 1.36. The van der Waals surface area contributed by atoms with Gasteiger partial charge in [0, 0.05) is 31.9 Å². The summed E-state index contributed by atoms with van der Waals surface area (Å²) in [5.41, 5.74) is -0.931. The quantitative estimate of drug-likeness (QED) is 0.462. The minimum atomic E-state index is -4.57. The van der Waals surface area contributed by atoms with Crippen LogP contribution < -0.4 is 10.2 Å². The minimum absolute atomic E-state index is 0.0534. The van der Waals surface area contributed by atoms with Crippen molar-refractivity contribution >= 4 is 38.9 Å². The van der Waals surface area contributed by atoms with Crippen LogP contribution >= 0.6 is 11.6 Å². The summed E-state index contributed by atoms with van der Waals surface area (Å²) in [5, 5.41) is 2.28. The van der Waals surface area contributed by atoms with Crippen LogP contribution in [-0.4, -0.2) is 62.2 Å². The van der Waals surface area contributed by atoms with Crippen LogP contribution in [0.1, 0.15) is 24.8 Å². The third-order valence-corrected chi connectivity index (χ3v) is 7.71. The van der Waals surface area contributed by atoms with E-state index >= 15 is 0 Å². The third kappa shape index (κ3) is 5.48. The Morgan fingerprint density at radius 1 is 1.09 bits per heavy atom. The number of rotatable bonds is 5. The van der Waals surface area contributed by atoms with E-state index in [1.54, 1.807) is 4.90 Å². The maximum atomic E-state index is 14.4. The number of nitrogens with one attached hydrogen (secondary N) is 1. The van der Waals surface area contributed by atoms with E-state index in [0.717, 1.165) is 18.4 Å². The third-order valence-electron chi connectivity index (χ3n) is 6.31. The number of alkyl halides is 3. The van der Waals surface area contributed by atoms with Crippen LogP contribution in [-0.2, 0) is 20.8 Å². The molecule has 2 aromatic rings. The SMILES string of the molecule is CS(=O)(=O)c1ccc(NC2CCN(C3CCN(c4ccc(C(F)(F)F)c(Cl)n4)CC3)C2=O)c(F)c1. The van der Waals surface area contributed by atoms with E-state index in [-0.39, 0.29) is 22.5 Å². The molecule has 1 atom stereocenters. The monoisotopic (exact) mass is 534 g/mol. The lowest BCUT2D eigenvalue weighted by molar-refractivity contribution is -0.137. The average Bonchev–Trinajstić information content (AvgIpc) is 3.13. The molecule has 1 aromatic carbocycles. The highest BCUT2D eigenvalue weighted by Gasteiger charge is 2.38. The zero-order valence-corrected chi connectivity index (χ0v) is 20.2. The smallest absolute Gasteiger partial charge is 0.371 e. The van der Waals surface area contributed by atoms with Crippen molar-refractivity contribution in [3.63, 3.8) is 0 Å². The van der Waals surface area contributed by atoms with E-state index in [1.807, 2.05) is 4.90 Å². The fourth-order valence-electron chi connectivity index (χ4n) is 4.45. The van der Waals surface area contributed by atoms with Gasteiger partial charge in [-0.15, -0.1) is 0 Å². The van der Waals surface area contributed by atoms with E-state index in [0.29, 0.717) is 44.7 Å². The van der Waals surface area contributed by atoms with Crippen LogP contribution in [0.4, 0.5) is 29.1 Å². The van der Waals surface area contributed by atoms with E-state index in [2.05, 4.69) is 10.3 Å². The molecule has 4 rings (SSSR count). The van der Waals surface area contributed by atoms with Crippen molar-refractivity contribution in [1.29, 1.82) is 0 Å². The first-order valence-electron chi connectivity index (χ1n) is 10.9. The molecule has 2 fully saturated rings. The van der Waals surface area contributed by atoms with Gasteiger partial charge in [-0.1, -0.05) is 11.6 Å². The number of amides is 1. The van der Waals surface area contributed by atoms with E-state index < -0.39 is 38.6 Å². The Morgan fingerprint density at radius 3 is 2.34 bits per heavy atom. The number of pyridine rings is 1. The van der Waals surface area contributed by atoms with Gasteiger partial charge in [-0.2, -0.15) is 13.2 Å². The highest BCUT2D eigenvalue weighted by molar-refractivity contribution is 7.90. The highest BCUT2D eigenvalue weighted by Crippen LogP contribution is 2.35. The van der Waals surface area contributed by atoms with Gasteiger partial charge < -0.3 is 15.1 Å². The number of benzene rings is 1. The van der Waals surface area contributed by atoms with Crippen LogP contribution in [0.15, 0.2) is 35.2 Å². The second kappa shape index (κ2) is 9.45. The van der Waals surface area contributed by atoms with E-state index in [9.17, 15) is 30.8 Å². The van der Waals surface area contributed by atoms with E-state index in [1.165, 1.54) is 18.2 Å². The summed E-state index contributed by atoms with van der Waals surface area (Å²) in [6.45, 7) is 1.46. The first kappa shape index (κ1) is 25.5. The van der Waals surface area contributed by atoms with Crippen molar-refractivity contribution in [2.45, 2.75) is 42.4 Å². The maximum absolute atomic E-state index is 14.4. The number of carbonyl (C=O) groups is 1. The molecule has 7 nitrogen and oxygen atoms in total. The molecule has 0 bridgehead atoms. The van der Waals surface area contributed by atoms with Crippen molar-refractivity contribution in [3.05, 3.63) is 46.9 Å². The largest absolute Gasteiger partial charge is 0.419 e. The normalized spacial score (nSPS) is 19.9. The molecule has 2 saturated heterocycles. The first-order valence-corrected chi connectivity index (χ1v) is 13.2. The molecule has 1 aromatic heterocycles. The molecule has 0 aliphatic carbocycles. The zero-order chi connectivity index (χ0) is 25.5. The number of sulfone groups is 1. The standard InChI is InChI=1S/C22H23ClF4N4O3S/c1-35(33,34)14-2-4-17(16(24)12-14)28-18-8-11-31(21(18)32)13-6-9-30(10-7-13)19-5-3-15(20(23)29-19)22(25,26)27/h2-5,12-13,18,28H,6-11H2,1H3. The second-order valence-corrected chi connectivity index (χ2v) is 11.0. The Kier molecular flexibility index (Phi) is 6.89. The molecule has 13 heteroatoms. The lowest BCUT2D eigenvalue weighted by Crippen LogP contribution is -2.47. The summed E-state index contributed by atoms with van der Waals surface area (Å²) < 4.78 is 76.3. The average molecular weight is 535 g/mol. The van der Waals surface area contributed by atoms with Crippen LogP contribution in [0.5, 0.6) is 0 Å². The number of piperidine rings is 1. The fraction of sp³-hybridized carbons (Fsp3) is 0.455. The molecule has 190 valence electrons. The van der Waals surface area contributed by atoms with Gasteiger partial charge in [0.25, 0.3) is 0 Å². The lowest BCUT2D eigenvalue weighted by Gasteiger charge is -2.37. The molecule has 2 aliphatic rings. The van der Waals surface area contributed by atoms with Gasteiger partial charge in [-0.05, 0) is 49.6 Å². The van der Waals surface area contributed by atoms with Gasteiger partial charge >= 0.3 is 6.18 Å². The number of nitrogens with zero attached hydrogens (tertiary/aromatic N) is 3. The molecule has 0 spiro atoms. The maximum Gasteiger partial charge on any atom is 0.419 e. The number of likely N-dealkylation sites (tertiary alicyclic amines) is 1. The summed E-state index contributed by atoms with van der Waals surface area (Å²) in [7, 11) is -3.55. The number of hydrogen-bond acceptors (Lipinski definition) is 6. The van der Waals surface area contributed by atoms with Crippen molar-refractivity contribution in [3.8, 4) is 0 Å². The zero-order valence-electron chi connectivity index (χ0n) is 18.6. The molecular formula is C22H23ClF4N4O3S. The molecule has 3 heterocycles. The Hall–Kier alpha value is -2.60. The van der Waals surface area contributed by atoms with Gasteiger partial charge in [-0.3, -0.25) is 4.79 Å². The molecule has 1 N–H and O–H groups in total. The summed E-state index contributed by atoms with van der Waals surface area (Å²) in [4.78, 5) is 20.3. The number of carbonyl (C=O) groups excluding carboxylic acids is 1. The van der Waals surface area contributed by atoms with Gasteiger partial charge in [0.05, 0.1) is 16.1 Å². The van der Waals surface area contributed by atoms with Crippen molar-refractivity contribution in [2.24, 2.45) is 0 Å². The summed E-state index contributed by atoms with van der Waals surface area (Å²) >= 11 is 5.74. The molecule has 1 amide bonds. The lowest BCUT2D eigenvalue weighted by atomic mass is 10.0. The van der Waals surface area contributed by atoms with Gasteiger partial charge in [0.1, 0.15) is 22.8 Å². The first-order chi connectivity index (χ1) is 16.3. The van der Waals surface area contributed by atoms with Crippen molar-refractivity contribution < 1.29 is 30.8 Å². The molecule has 35 heavy (non-hydrogen) atoms. The molecule has 0 saturated carbocycles. The topological polar surface area (TPSA) is 82.6 Å². The predicted molar refractivity (Wildman–Crippen MR) is 123 cm³/mol. The van der Waals surface area contributed by atoms with Crippen LogP contribution in [0.3, 0.4) is 0 Å². The molecule has 2 aliphatic heterocycles.